The topological polar surface area (TPSA) is 93.9 Å². The van der Waals surface area contributed by atoms with E-state index < -0.39 is 0 Å². The summed E-state index contributed by atoms with van der Waals surface area (Å²) in [7, 11) is 3.13. The summed E-state index contributed by atoms with van der Waals surface area (Å²) >= 11 is 0. The number of aryl methyl sites for hydroxylation is 2. The smallest absolute Gasteiger partial charge is 0.254 e. The van der Waals surface area contributed by atoms with Gasteiger partial charge in [0.2, 0.25) is 5.91 Å². The van der Waals surface area contributed by atoms with Gasteiger partial charge in [0.05, 0.1) is 24.9 Å². The third-order valence-electron chi connectivity index (χ3n) is 4.73. The van der Waals surface area contributed by atoms with Crippen molar-refractivity contribution in [2.45, 2.75) is 20.5 Å². The monoisotopic (exact) mass is 423 g/mol. The van der Waals surface area contributed by atoms with Crippen LogP contribution in [-0.2, 0) is 11.4 Å². The Hall–Kier alpha value is -3.81. The van der Waals surface area contributed by atoms with Crippen molar-refractivity contribution in [3.05, 3.63) is 71.1 Å². The summed E-state index contributed by atoms with van der Waals surface area (Å²) in [5.74, 6) is 1.28. The largest absolute Gasteiger partial charge is 0.497 e. The third kappa shape index (κ3) is 5.63. The van der Waals surface area contributed by atoms with Crippen LogP contribution in [0.5, 0.6) is 11.5 Å². The van der Waals surface area contributed by atoms with Crippen molar-refractivity contribution in [3.8, 4) is 11.5 Å². The van der Waals surface area contributed by atoms with Crippen LogP contribution in [0.1, 0.15) is 27.4 Å². The molecule has 162 valence electrons. The van der Waals surface area contributed by atoms with E-state index in [-0.39, 0.29) is 25.0 Å². The van der Waals surface area contributed by atoms with Crippen LogP contribution in [0.25, 0.3) is 0 Å². The Morgan fingerprint density at radius 1 is 1.10 bits per heavy atom. The lowest BCUT2D eigenvalue weighted by Gasteiger charge is -2.17. The molecule has 0 atom stereocenters. The fraction of sp³-hybridized carbons (Fsp3) is 0.261. The number of anilines is 1. The fourth-order valence-corrected chi connectivity index (χ4v) is 2.99. The van der Waals surface area contributed by atoms with Gasteiger partial charge >= 0.3 is 0 Å². The summed E-state index contributed by atoms with van der Waals surface area (Å²) in [6, 6.07) is 13.9. The Morgan fingerprint density at radius 3 is 2.55 bits per heavy atom. The number of ether oxygens (including phenoxy) is 2. The number of amides is 2. The number of likely N-dealkylation sites (N-methyl/N-ethyl adjacent to an activating group) is 1. The van der Waals surface area contributed by atoms with Crippen LogP contribution in [-0.4, -0.2) is 42.6 Å². The average Bonchev–Trinajstić information content (AvgIpc) is 3.09. The first-order chi connectivity index (χ1) is 14.9. The lowest BCUT2D eigenvalue weighted by molar-refractivity contribution is -0.116. The van der Waals surface area contributed by atoms with Gasteiger partial charge in [-0.1, -0.05) is 17.3 Å². The lowest BCUT2D eigenvalue weighted by atomic mass is 10.2. The van der Waals surface area contributed by atoms with Gasteiger partial charge in [0.15, 0.2) is 0 Å². The maximum atomic E-state index is 12.8. The third-order valence-corrected chi connectivity index (χ3v) is 4.73. The molecule has 2 aromatic carbocycles. The molecule has 0 aliphatic heterocycles. The molecule has 2 amide bonds. The molecule has 0 aliphatic rings. The van der Waals surface area contributed by atoms with E-state index in [1.54, 1.807) is 62.7 Å². The zero-order valence-electron chi connectivity index (χ0n) is 18.0. The number of carbonyl (C=O) groups is 2. The second-order valence-corrected chi connectivity index (χ2v) is 7.06. The molecule has 1 aromatic heterocycles. The minimum absolute atomic E-state index is 0.0970. The Balaban J connectivity index is 1.59. The van der Waals surface area contributed by atoms with E-state index in [1.165, 1.54) is 4.90 Å². The van der Waals surface area contributed by atoms with Gasteiger partial charge in [-0.25, -0.2) is 0 Å². The van der Waals surface area contributed by atoms with Gasteiger partial charge in [-0.05, 0) is 44.2 Å². The predicted octanol–water partition coefficient (Wildman–Crippen LogP) is 3.59. The van der Waals surface area contributed by atoms with E-state index in [0.717, 1.165) is 11.3 Å². The van der Waals surface area contributed by atoms with Crippen LogP contribution in [0.4, 0.5) is 5.69 Å². The second-order valence-electron chi connectivity index (χ2n) is 7.06. The molecule has 1 heterocycles. The minimum Gasteiger partial charge on any atom is -0.497 e. The molecule has 0 saturated carbocycles. The van der Waals surface area contributed by atoms with Gasteiger partial charge in [0.1, 0.15) is 23.9 Å². The van der Waals surface area contributed by atoms with Crippen molar-refractivity contribution < 1.29 is 23.6 Å². The molecule has 8 nitrogen and oxygen atoms in total. The van der Waals surface area contributed by atoms with Crippen LogP contribution < -0.4 is 14.8 Å². The molecule has 3 rings (SSSR count). The summed E-state index contributed by atoms with van der Waals surface area (Å²) in [4.78, 5) is 26.5. The lowest BCUT2D eigenvalue weighted by Crippen LogP contribution is -2.34. The second kappa shape index (κ2) is 9.80. The summed E-state index contributed by atoms with van der Waals surface area (Å²) in [5, 5.41) is 6.66. The number of methoxy groups -OCH3 is 1. The summed E-state index contributed by atoms with van der Waals surface area (Å²) in [6.45, 7) is 3.86. The van der Waals surface area contributed by atoms with Crippen LogP contribution in [0, 0.1) is 13.8 Å². The van der Waals surface area contributed by atoms with E-state index in [4.69, 9.17) is 14.0 Å². The summed E-state index contributed by atoms with van der Waals surface area (Å²) in [5.41, 5.74) is 2.67. The van der Waals surface area contributed by atoms with Crippen LogP contribution in [0.2, 0.25) is 0 Å². The molecule has 0 unspecified atom stereocenters. The highest BCUT2D eigenvalue weighted by Gasteiger charge is 2.16. The SMILES string of the molecule is COc1cccc(NC(=O)CN(C)C(=O)c2cccc(OCc3c(C)noc3C)c2)c1. The predicted molar refractivity (Wildman–Crippen MR) is 115 cm³/mol. The first-order valence-electron chi connectivity index (χ1n) is 9.71. The highest BCUT2D eigenvalue weighted by Crippen LogP contribution is 2.20. The van der Waals surface area contributed by atoms with Crippen LogP contribution in [0.3, 0.4) is 0 Å². The number of aromatic nitrogens is 1. The van der Waals surface area contributed by atoms with Crippen molar-refractivity contribution in [1.29, 1.82) is 0 Å². The molecule has 0 spiro atoms. The maximum Gasteiger partial charge on any atom is 0.254 e. The highest BCUT2D eigenvalue weighted by molar-refractivity contribution is 5.99. The molecule has 0 bridgehead atoms. The van der Waals surface area contributed by atoms with Gasteiger partial charge in [-0.15, -0.1) is 0 Å². The molecular weight excluding hydrogens is 398 g/mol. The number of carbonyl (C=O) groups excluding carboxylic acids is 2. The van der Waals surface area contributed by atoms with E-state index in [2.05, 4.69) is 10.5 Å². The number of nitrogens with zero attached hydrogens (tertiary/aromatic N) is 2. The average molecular weight is 423 g/mol. The maximum absolute atomic E-state index is 12.8. The fourth-order valence-electron chi connectivity index (χ4n) is 2.99. The molecule has 0 aliphatic carbocycles. The standard InChI is InChI=1S/C23H25N3O5/c1-15-21(16(2)31-25-15)14-30-20-10-5-7-17(11-20)23(28)26(3)13-22(27)24-18-8-6-9-19(12-18)29-4/h5-12H,13-14H2,1-4H3,(H,24,27). The van der Waals surface area contributed by atoms with Gasteiger partial charge in [0, 0.05) is 24.4 Å². The van der Waals surface area contributed by atoms with Crippen molar-refractivity contribution >= 4 is 17.5 Å². The number of hydrogen-bond acceptors (Lipinski definition) is 6. The Morgan fingerprint density at radius 2 is 1.84 bits per heavy atom. The molecule has 31 heavy (non-hydrogen) atoms. The molecule has 3 aromatic rings. The van der Waals surface area contributed by atoms with Gasteiger partial charge in [-0.3, -0.25) is 9.59 Å². The van der Waals surface area contributed by atoms with E-state index in [9.17, 15) is 9.59 Å². The Kier molecular flexibility index (Phi) is 6.92. The molecule has 8 heteroatoms. The highest BCUT2D eigenvalue weighted by atomic mass is 16.5. The number of nitrogens with one attached hydrogen (secondary N) is 1. The quantitative estimate of drug-likeness (QED) is 0.595. The Labute approximate surface area is 180 Å². The minimum atomic E-state index is -0.310. The zero-order chi connectivity index (χ0) is 22.4. The van der Waals surface area contributed by atoms with E-state index in [1.807, 2.05) is 13.8 Å². The first-order valence-corrected chi connectivity index (χ1v) is 9.71. The molecular formula is C23H25N3O5. The van der Waals surface area contributed by atoms with Crippen molar-refractivity contribution in [1.82, 2.24) is 10.1 Å². The van der Waals surface area contributed by atoms with E-state index >= 15 is 0 Å². The number of hydrogen-bond donors (Lipinski definition) is 1. The number of benzene rings is 2. The zero-order valence-corrected chi connectivity index (χ0v) is 18.0. The van der Waals surface area contributed by atoms with Crippen molar-refractivity contribution in [3.63, 3.8) is 0 Å². The normalized spacial score (nSPS) is 10.5. The first kappa shape index (κ1) is 21.9. The molecule has 0 fully saturated rings. The molecule has 0 radical (unpaired) electrons. The Bertz CT molecular complexity index is 1060. The summed E-state index contributed by atoms with van der Waals surface area (Å²) in [6.07, 6.45) is 0. The van der Waals surface area contributed by atoms with Gasteiger partial charge < -0.3 is 24.2 Å². The number of rotatable bonds is 8. The van der Waals surface area contributed by atoms with Crippen molar-refractivity contribution in [2.24, 2.45) is 0 Å². The van der Waals surface area contributed by atoms with Crippen molar-refractivity contribution in [2.75, 3.05) is 26.0 Å². The summed E-state index contributed by atoms with van der Waals surface area (Å²) < 4.78 is 16.1. The van der Waals surface area contributed by atoms with Gasteiger partial charge in [0.25, 0.3) is 5.91 Å². The van der Waals surface area contributed by atoms with Crippen LogP contribution in [0.15, 0.2) is 53.1 Å². The van der Waals surface area contributed by atoms with E-state index in [0.29, 0.717) is 28.5 Å². The molecule has 0 saturated heterocycles. The van der Waals surface area contributed by atoms with Gasteiger partial charge in [-0.2, -0.15) is 0 Å². The molecule has 1 N–H and O–H groups in total. The van der Waals surface area contributed by atoms with Crippen LogP contribution >= 0.6 is 0 Å².